The minimum absolute atomic E-state index is 0.0496. The molecule has 19 heavy (non-hydrogen) atoms. The zero-order chi connectivity index (χ0) is 13.8. The molecule has 1 aromatic carbocycles. The normalized spacial score (nSPS) is 9.89. The third kappa shape index (κ3) is 2.83. The Balaban J connectivity index is 2.31. The summed E-state index contributed by atoms with van der Waals surface area (Å²) < 4.78 is 0. The summed E-state index contributed by atoms with van der Waals surface area (Å²) in [5.41, 5.74) is 6.07. The molecule has 2 aromatic rings. The van der Waals surface area contributed by atoms with Gasteiger partial charge in [0, 0.05) is 18.1 Å². The zero-order valence-electron chi connectivity index (χ0n) is 9.70. The predicted molar refractivity (Wildman–Crippen MR) is 67.8 cm³/mol. The van der Waals surface area contributed by atoms with E-state index in [1.165, 1.54) is 36.8 Å². The molecular formula is C12H10N4O3. The average Bonchev–Trinajstić information content (AvgIpc) is 2.39. The van der Waals surface area contributed by atoms with Crippen LogP contribution in [0, 0.1) is 0 Å². The van der Waals surface area contributed by atoms with Crippen LogP contribution in [0.5, 0.6) is 0 Å². The third-order valence-electron chi connectivity index (χ3n) is 2.32. The monoisotopic (exact) mass is 258 g/mol. The number of nitrogens with two attached hydrogens (primary N) is 1. The number of aromatic nitrogens is 2. The summed E-state index contributed by atoms with van der Waals surface area (Å²) in [6.45, 7) is 0. The van der Waals surface area contributed by atoms with E-state index >= 15 is 0 Å². The Labute approximate surface area is 108 Å². The van der Waals surface area contributed by atoms with Gasteiger partial charge in [-0.25, -0.2) is 9.78 Å². The number of carbonyl (C=O) groups is 2. The fourth-order valence-electron chi connectivity index (χ4n) is 1.45. The van der Waals surface area contributed by atoms with E-state index in [0.29, 0.717) is 5.69 Å². The van der Waals surface area contributed by atoms with Crippen molar-refractivity contribution < 1.29 is 14.7 Å². The first-order chi connectivity index (χ1) is 9.08. The Morgan fingerprint density at radius 1 is 1.26 bits per heavy atom. The van der Waals surface area contributed by atoms with Crippen molar-refractivity contribution in [3.8, 4) is 0 Å². The topological polar surface area (TPSA) is 118 Å². The molecule has 0 aliphatic rings. The van der Waals surface area contributed by atoms with Crippen LogP contribution >= 0.6 is 0 Å². The molecule has 0 saturated carbocycles. The highest BCUT2D eigenvalue weighted by Gasteiger charge is 2.14. The zero-order valence-corrected chi connectivity index (χ0v) is 9.70. The molecule has 0 aliphatic carbocycles. The van der Waals surface area contributed by atoms with Gasteiger partial charge in [0.15, 0.2) is 0 Å². The van der Waals surface area contributed by atoms with Gasteiger partial charge in [-0.15, -0.1) is 0 Å². The Morgan fingerprint density at radius 2 is 2.05 bits per heavy atom. The number of benzene rings is 1. The summed E-state index contributed by atoms with van der Waals surface area (Å²) in [5.74, 6) is -1.71. The molecule has 1 amide bonds. The first kappa shape index (κ1) is 12.5. The first-order valence-corrected chi connectivity index (χ1v) is 5.28. The molecule has 0 bridgehead atoms. The third-order valence-corrected chi connectivity index (χ3v) is 2.32. The Kier molecular flexibility index (Phi) is 3.37. The molecule has 0 radical (unpaired) electrons. The highest BCUT2D eigenvalue weighted by molar-refractivity contribution is 6.07. The largest absolute Gasteiger partial charge is 0.478 e. The van der Waals surface area contributed by atoms with Crippen molar-refractivity contribution in [1.29, 1.82) is 0 Å². The Hall–Kier alpha value is -2.96. The number of nitrogens with zero attached hydrogens (tertiary/aromatic N) is 2. The molecule has 0 spiro atoms. The predicted octanol–water partition coefficient (Wildman–Crippen LogP) is 1.01. The minimum Gasteiger partial charge on any atom is -0.478 e. The van der Waals surface area contributed by atoms with Gasteiger partial charge < -0.3 is 16.2 Å². The van der Waals surface area contributed by atoms with Gasteiger partial charge >= 0.3 is 5.97 Å². The summed E-state index contributed by atoms with van der Waals surface area (Å²) in [5, 5.41) is 11.5. The molecule has 96 valence electrons. The number of carboxylic acids is 1. The molecular weight excluding hydrogens is 248 g/mol. The van der Waals surface area contributed by atoms with Gasteiger partial charge in [0.05, 0.1) is 17.4 Å². The van der Waals surface area contributed by atoms with E-state index in [4.69, 9.17) is 10.8 Å². The van der Waals surface area contributed by atoms with Crippen molar-refractivity contribution >= 4 is 23.3 Å². The maximum Gasteiger partial charge on any atom is 0.337 e. The van der Waals surface area contributed by atoms with Gasteiger partial charge in [0.2, 0.25) is 0 Å². The number of rotatable bonds is 3. The summed E-state index contributed by atoms with van der Waals surface area (Å²) in [4.78, 5) is 30.5. The first-order valence-electron chi connectivity index (χ1n) is 5.28. The summed E-state index contributed by atoms with van der Waals surface area (Å²) in [6.07, 6.45) is 4.08. The molecule has 1 aromatic heterocycles. The second-order valence-corrected chi connectivity index (χ2v) is 3.65. The molecule has 0 unspecified atom stereocenters. The number of aromatic carboxylic acids is 1. The van der Waals surface area contributed by atoms with E-state index in [-0.39, 0.29) is 16.9 Å². The van der Waals surface area contributed by atoms with E-state index in [1.54, 1.807) is 0 Å². The highest BCUT2D eigenvalue weighted by atomic mass is 16.4. The Morgan fingerprint density at radius 3 is 2.68 bits per heavy atom. The molecule has 1 heterocycles. The summed E-state index contributed by atoms with van der Waals surface area (Å²) >= 11 is 0. The number of amides is 1. The van der Waals surface area contributed by atoms with Crippen molar-refractivity contribution in [2.75, 3.05) is 11.1 Å². The Bertz CT molecular complexity index is 628. The fourth-order valence-corrected chi connectivity index (χ4v) is 1.45. The van der Waals surface area contributed by atoms with Crippen LogP contribution in [-0.4, -0.2) is 27.0 Å². The molecule has 2 rings (SSSR count). The van der Waals surface area contributed by atoms with E-state index < -0.39 is 11.9 Å². The molecule has 7 heteroatoms. The van der Waals surface area contributed by atoms with Crippen LogP contribution in [0.4, 0.5) is 11.4 Å². The summed E-state index contributed by atoms with van der Waals surface area (Å²) in [6, 6.07) is 4.14. The summed E-state index contributed by atoms with van der Waals surface area (Å²) in [7, 11) is 0. The van der Waals surface area contributed by atoms with Crippen LogP contribution in [0.3, 0.4) is 0 Å². The van der Waals surface area contributed by atoms with E-state index in [2.05, 4.69) is 15.3 Å². The van der Waals surface area contributed by atoms with Crippen LogP contribution in [-0.2, 0) is 0 Å². The van der Waals surface area contributed by atoms with Crippen LogP contribution < -0.4 is 11.1 Å². The van der Waals surface area contributed by atoms with Gasteiger partial charge in [-0.2, -0.15) is 0 Å². The minimum atomic E-state index is -1.16. The van der Waals surface area contributed by atoms with Gasteiger partial charge in [0.25, 0.3) is 5.91 Å². The second-order valence-electron chi connectivity index (χ2n) is 3.65. The van der Waals surface area contributed by atoms with Crippen molar-refractivity contribution in [2.45, 2.75) is 0 Å². The number of carbonyl (C=O) groups excluding carboxylic acids is 1. The SMILES string of the molecule is Nc1ccc(C(=O)O)c(NC(=O)c2cnccn2)c1. The standard InChI is InChI=1S/C12H10N4O3/c13-7-1-2-8(12(18)19)9(5-7)16-11(17)10-6-14-3-4-15-10/h1-6H,13H2,(H,16,17)(H,18,19). The fraction of sp³-hybridized carbons (Fsp3) is 0. The van der Waals surface area contributed by atoms with Crippen molar-refractivity contribution in [3.63, 3.8) is 0 Å². The molecule has 0 aliphatic heterocycles. The lowest BCUT2D eigenvalue weighted by Gasteiger charge is -2.08. The quantitative estimate of drug-likeness (QED) is 0.707. The van der Waals surface area contributed by atoms with E-state index in [9.17, 15) is 9.59 Å². The van der Waals surface area contributed by atoms with Crippen LogP contribution in [0.25, 0.3) is 0 Å². The molecule has 7 nitrogen and oxygen atoms in total. The lowest BCUT2D eigenvalue weighted by Crippen LogP contribution is -2.16. The van der Waals surface area contributed by atoms with E-state index in [1.807, 2.05) is 0 Å². The van der Waals surface area contributed by atoms with Crippen LogP contribution in [0.2, 0.25) is 0 Å². The van der Waals surface area contributed by atoms with Gasteiger partial charge in [-0.1, -0.05) is 0 Å². The smallest absolute Gasteiger partial charge is 0.337 e. The lowest BCUT2D eigenvalue weighted by atomic mass is 10.1. The number of nitrogens with one attached hydrogen (secondary N) is 1. The number of carboxylic acid groups (broad SMARTS) is 1. The van der Waals surface area contributed by atoms with Crippen molar-refractivity contribution in [3.05, 3.63) is 48.0 Å². The number of hydrogen-bond donors (Lipinski definition) is 3. The molecule has 0 fully saturated rings. The van der Waals surface area contributed by atoms with Gasteiger partial charge in [-0.05, 0) is 18.2 Å². The van der Waals surface area contributed by atoms with Crippen molar-refractivity contribution in [1.82, 2.24) is 9.97 Å². The number of anilines is 2. The van der Waals surface area contributed by atoms with Gasteiger partial charge in [0.1, 0.15) is 5.69 Å². The maximum absolute atomic E-state index is 11.9. The second kappa shape index (κ2) is 5.13. The average molecular weight is 258 g/mol. The van der Waals surface area contributed by atoms with Gasteiger partial charge in [-0.3, -0.25) is 9.78 Å². The van der Waals surface area contributed by atoms with Crippen LogP contribution in [0.1, 0.15) is 20.8 Å². The molecule has 0 saturated heterocycles. The van der Waals surface area contributed by atoms with Crippen molar-refractivity contribution in [2.24, 2.45) is 0 Å². The lowest BCUT2D eigenvalue weighted by molar-refractivity contribution is 0.0698. The number of nitrogen functional groups attached to an aromatic ring is 1. The molecule has 0 atom stereocenters. The molecule has 4 N–H and O–H groups in total. The highest BCUT2D eigenvalue weighted by Crippen LogP contribution is 2.19. The van der Waals surface area contributed by atoms with Crippen LogP contribution in [0.15, 0.2) is 36.8 Å². The maximum atomic E-state index is 11.9. The number of hydrogen-bond acceptors (Lipinski definition) is 5. The van der Waals surface area contributed by atoms with E-state index in [0.717, 1.165) is 0 Å².